The van der Waals surface area contributed by atoms with Crippen molar-refractivity contribution < 1.29 is 4.79 Å². The Balaban J connectivity index is 3.80. The first kappa shape index (κ1) is 11.0. The first-order chi connectivity index (χ1) is 5.61. The van der Waals surface area contributed by atoms with Crippen LogP contribution in [0.2, 0.25) is 0 Å². The molecule has 68 valence electrons. The molecule has 0 aromatic carbocycles. The molecule has 0 saturated heterocycles. The summed E-state index contributed by atoms with van der Waals surface area (Å²) in [5, 5.41) is 8.51. The largest absolute Gasteiger partial charge is 0.344 e. The highest BCUT2D eigenvalue weighted by atomic mass is 16.2. The van der Waals surface area contributed by atoms with E-state index in [1.165, 1.54) is 0 Å². The molecule has 0 heterocycles. The third-order valence-corrected chi connectivity index (χ3v) is 1.66. The average Bonchev–Trinajstić information content (AvgIpc) is 2.04. The molecule has 0 radical (unpaired) electrons. The van der Waals surface area contributed by atoms with E-state index < -0.39 is 0 Å². The predicted molar refractivity (Wildman–Crippen MR) is 47.3 cm³/mol. The standard InChI is InChI=1S/C9H16N2O/c1-4-5-9(12)11(3)7-8(2)6-10/h8H,4-5,7H2,1-3H3. The van der Waals surface area contributed by atoms with E-state index in [4.69, 9.17) is 5.26 Å². The van der Waals surface area contributed by atoms with Crippen LogP contribution < -0.4 is 0 Å². The minimum absolute atomic E-state index is 0.0733. The van der Waals surface area contributed by atoms with Crippen LogP contribution >= 0.6 is 0 Å². The molecule has 0 N–H and O–H groups in total. The highest BCUT2D eigenvalue weighted by Gasteiger charge is 2.10. The molecule has 0 aliphatic carbocycles. The summed E-state index contributed by atoms with van der Waals surface area (Å²) < 4.78 is 0. The normalized spacial score (nSPS) is 11.8. The van der Waals surface area contributed by atoms with Crippen molar-refractivity contribution in [1.29, 1.82) is 5.26 Å². The van der Waals surface area contributed by atoms with Crippen molar-refractivity contribution in [2.75, 3.05) is 13.6 Å². The predicted octanol–water partition coefficient (Wildman–Crippen LogP) is 1.40. The smallest absolute Gasteiger partial charge is 0.222 e. The summed E-state index contributed by atoms with van der Waals surface area (Å²) in [6.45, 7) is 4.32. The summed E-state index contributed by atoms with van der Waals surface area (Å²) >= 11 is 0. The average molecular weight is 168 g/mol. The highest BCUT2D eigenvalue weighted by Crippen LogP contribution is 1.99. The van der Waals surface area contributed by atoms with Gasteiger partial charge in [-0.15, -0.1) is 0 Å². The molecule has 0 bridgehead atoms. The van der Waals surface area contributed by atoms with E-state index in [1.54, 1.807) is 11.9 Å². The highest BCUT2D eigenvalue weighted by molar-refractivity contribution is 5.75. The quantitative estimate of drug-likeness (QED) is 0.637. The fourth-order valence-electron chi connectivity index (χ4n) is 0.958. The van der Waals surface area contributed by atoms with Crippen LogP contribution in [0.3, 0.4) is 0 Å². The van der Waals surface area contributed by atoms with Crippen LogP contribution in [-0.2, 0) is 4.79 Å². The maximum atomic E-state index is 11.2. The summed E-state index contributed by atoms with van der Waals surface area (Å²) in [4.78, 5) is 12.8. The summed E-state index contributed by atoms with van der Waals surface area (Å²) in [5.41, 5.74) is 0. The summed E-state index contributed by atoms with van der Waals surface area (Å²) in [7, 11) is 1.74. The molecule has 3 nitrogen and oxygen atoms in total. The summed E-state index contributed by atoms with van der Waals surface area (Å²) in [6.07, 6.45) is 1.44. The summed E-state index contributed by atoms with van der Waals surface area (Å²) in [5.74, 6) is 0.0513. The monoisotopic (exact) mass is 168 g/mol. The van der Waals surface area contributed by atoms with E-state index in [2.05, 4.69) is 6.07 Å². The van der Waals surface area contributed by atoms with Gasteiger partial charge in [-0.1, -0.05) is 6.92 Å². The molecule has 0 fully saturated rings. The number of nitrogens with zero attached hydrogens (tertiary/aromatic N) is 2. The Morgan fingerprint density at radius 3 is 2.67 bits per heavy atom. The lowest BCUT2D eigenvalue weighted by atomic mass is 10.2. The molecule has 1 amide bonds. The van der Waals surface area contributed by atoms with Crippen LogP contribution in [0.25, 0.3) is 0 Å². The summed E-state index contributed by atoms with van der Waals surface area (Å²) in [6, 6.07) is 2.10. The zero-order chi connectivity index (χ0) is 9.56. The van der Waals surface area contributed by atoms with Crippen molar-refractivity contribution in [3.8, 4) is 6.07 Å². The lowest BCUT2D eigenvalue weighted by molar-refractivity contribution is -0.130. The number of amides is 1. The van der Waals surface area contributed by atoms with E-state index in [-0.39, 0.29) is 11.8 Å². The van der Waals surface area contributed by atoms with Gasteiger partial charge in [0.25, 0.3) is 0 Å². The first-order valence-corrected chi connectivity index (χ1v) is 4.25. The Morgan fingerprint density at radius 2 is 2.25 bits per heavy atom. The second kappa shape index (κ2) is 5.59. The zero-order valence-electron chi connectivity index (χ0n) is 8.00. The minimum Gasteiger partial charge on any atom is -0.344 e. The van der Waals surface area contributed by atoms with Gasteiger partial charge < -0.3 is 4.90 Å². The van der Waals surface area contributed by atoms with Crippen LogP contribution in [0.1, 0.15) is 26.7 Å². The van der Waals surface area contributed by atoms with Gasteiger partial charge in [-0.3, -0.25) is 4.79 Å². The van der Waals surface area contributed by atoms with Crippen molar-refractivity contribution in [2.24, 2.45) is 5.92 Å². The van der Waals surface area contributed by atoms with Gasteiger partial charge in [-0.25, -0.2) is 0 Å². The molecule has 1 atom stereocenters. The molecule has 12 heavy (non-hydrogen) atoms. The second-order valence-electron chi connectivity index (χ2n) is 3.05. The van der Waals surface area contributed by atoms with Gasteiger partial charge in [0.1, 0.15) is 0 Å². The SMILES string of the molecule is CCCC(=O)N(C)CC(C)C#N. The van der Waals surface area contributed by atoms with Crippen molar-refractivity contribution in [1.82, 2.24) is 4.90 Å². The van der Waals surface area contributed by atoms with E-state index in [1.807, 2.05) is 13.8 Å². The molecule has 0 spiro atoms. The molecule has 0 aliphatic heterocycles. The molecule has 0 rings (SSSR count). The van der Waals surface area contributed by atoms with E-state index >= 15 is 0 Å². The van der Waals surface area contributed by atoms with E-state index in [0.717, 1.165) is 6.42 Å². The van der Waals surface area contributed by atoms with Gasteiger partial charge in [-0.2, -0.15) is 5.26 Å². The molecule has 0 aromatic heterocycles. The maximum absolute atomic E-state index is 11.2. The molecule has 0 aromatic rings. The Labute approximate surface area is 74.0 Å². The van der Waals surface area contributed by atoms with Gasteiger partial charge in [0.05, 0.1) is 12.0 Å². The lowest BCUT2D eigenvalue weighted by Crippen LogP contribution is -2.30. The van der Waals surface area contributed by atoms with Gasteiger partial charge >= 0.3 is 0 Å². The number of rotatable bonds is 4. The Bertz CT molecular complexity index is 183. The second-order valence-corrected chi connectivity index (χ2v) is 3.05. The molecular weight excluding hydrogens is 152 g/mol. The minimum atomic E-state index is -0.0733. The number of carbonyl (C=O) groups excluding carboxylic acids is 1. The van der Waals surface area contributed by atoms with Gasteiger partial charge in [0, 0.05) is 20.0 Å². The fourth-order valence-corrected chi connectivity index (χ4v) is 0.958. The number of hydrogen-bond acceptors (Lipinski definition) is 2. The fraction of sp³-hybridized carbons (Fsp3) is 0.778. The van der Waals surface area contributed by atoms with Crippen molar-refractivity contribution in [3.63, 3.8) is 0 Å². The number of carbonyl (C=O) groups is 1. The third-order valence-electron chi connectivity index (χ3n) is 1.66. The Kier molecular flexibility index (Phi) is 5.11. The van der Waals surface area contributed by atoms with Crippen molar-refractivity contribution >= 4 is 5.91 Å². The third kappa shape index (κ3) is 3.97. The molecule has 3 heteroatoms. The van der Waals surface area contributed by atoms with Crippen LogP contribution in [0.4, 0.5) is 0 Å². The van der Waals surface area contributed by atoms with Gasteiger partial charge in [-0.05, 0) is 13.3 Å². The van der Waals surface area contributed by atoms with Crippen LogP contribution in [0, 0.1) is 17.2 Å². The maximum Gasteiger partial charge on any atom is 0.222 e. The zero-order valence-corrected chi connectivity index (χ0v) is 8.00. The van der Waals surface area contributed by atoms with E-state index in [9.17, 15) is 4.79 Å². The molecule has 0 saturated carbocycles. The van der Waals surface area contributed by atoms with Crippen LogP contribution in [0.15, 0.2) is 0 Å². The topological polar surface area (TPSA) is 44.1 Å². The number of hydrogen-bond donors (Lipinski definition) is 0. The van der Waals surface area contributed by atoms with Crippen molar-refractivity contribution in [3.05, 3.63) is 0 Å². The van der Waals surface area contributed by atoms with Crippen molar-refractivity contribution in [2.45, 2.75) is 26.7 Å². The molecule has 1 unspecified atom stereocenters. The Hall–Kier alpha value is -1.04. The Morgan fingerprint density at radius 1 is 1.67 bits per heavy atom. The van der Waals surface area contributed by atoms with Gasteiger partial charge in [0.2, 0.25) is 5.91 Å². The van der Waals surface area contributed by atoms with Crippen LogP contribution in [0.5, 0.6) is 0 Å². The van der Waals surface area contributed by atoms with E-state index in [0.29, 0.717) is 13.0 Å². The molecular formula is C9H16N2O. The first-order valence-electron chi connectivity index (χ1n) is 4.25. The molecule has 0 aliphatic rings. The van der Waals surface area contributed by atoms with Gasteiger partial charge in [0.15, 0.2) is 0 Å². The lowest BCUT2D eigenvalue weighted by Gasteiger charge is -2.17. The number of nitriles is 1. The van der Waals surface area contributed by atoms with Crippen LogP contribution in [-0.4, -0.2) is 24.4 Å².